The molecule has 16 heteroatoms. The molecule has 3 N–H and O–H groups in total. The van der Waals surface area contributed by atoms with Crippen LogP contribution in [0.15, 0.2) is 95.7 Å². The Labute approximate surface area is 373 Å². The van der Waals surface area contributed by atoms with E-state index in [0.717, 1.165) is 99.8 Å². The summed E-state index contributed by atoms with van der Waals surface area (Å²) in [7, 11) is -2.85. The number of H-pyrrole nitrogens is 1. The molecule has 3 aliphatic rings. The van der Waals surface area contributed by atoms with E-state index in [1.54, 1.807) is 37.6 Å². The van der Waals surface area contributed by atoms with Crippen LogP contribution >= 0.6 is 11.6 Å². The summed E-state index contributed by atoms with van der Waals surface area (Å²) in [6, 6.07) is 20.5. The zero-order valence-electron chi connectivity index (χ0n) is 35.9. The number of amides is 1. The first-order valence-corrected chi connectivity index (χ1v) is 23.4. The number of aromatic amines is 1. The number of nitrogens with zero attached hydrogens (tertiary/aromatic N) is 4. The van der Waals surface area contributed by atoms with Crippen LogP contribution in [0.25, 0.3) is 16.6 Å². The van der Waals surface area contributed by atoms with E-state index in [4.69, 9.17) is 21.1 Å². The van der Waals surface area contributed by atoms with Gasteiger partial charge in [0.15, 0.2) is 0 Å². The van der Waals surface area contributed by atoms with E-state index in [1.807, 2.05) is 18.2 Å². The molecule has 1 saturated carbocycles. The largest absolute Gasteiger partial charge is 0.455 e. The maximum Gasteiger partial charge on any atom is 0.293 e. The van der Waals surface area contributed by atoms with Crippen molar-refractivity contribution in [3.05, 3.63) is 117 Å². The fourth-order valence-corrected chi connectivity index (χ4v) is 10.1. The van der Waals surface area contributed by atoms with Crippen LogP contribution in [0.4, 0.5) is 17.1 Å². The van der Waals surface area contributed by atoms with E-state index in [9.17, 15) is 23.3 Å². The van der Waals surface area contributed by atoms with E-state index in [0.29, 0.717) is 23.9 Å². The topological polar surface area (TPSA) is 172 Å². The Morgan fingerprint density at radius 3 is 2.49 bits per heavy atom. The summed E-state index contributed by atoms with van der Waals surface area (Å²) in [6.45, 7) is 9.15. The number of methoxy groups -OCH3 is 1. The molecule has 0 bridgehead atoms. The molecule has 63 heavy (non-hydrogen) atoms. The number of aromatic nitrogens is 2. The minimum atomic E-state index is -4.56. The Morgan fingerprint density at radius 2 is 1.76 bits per heavy atom. The number of nitro benzene ring substituents is 1. The van der Waals surface area contributed by atoms with Crippen LogP contribution in [0.3, 0.4) is 0 Å². The Hall–Kier alpha value is -5.48. The monoisotopic (exact) mass is 895 g/mol. The number of carbonyl (C=O) groups excluding carboxylic acids is 1. The van der Waals surface area contributed by atoms with Gasteiger partial charge in [-0.2, -0.15) is 0 Å². The number of halogens is 1. The average Bonchev–Trinajstić information content (AvgIpc) is 3.75. The molecule has 0 radical (unpaired) electrons. The van der Waals surface area contributed by atoms with Gasteiger partial charge >= 0.3 is 0 Å². The first kappa shape index (κ1) is 44.1. The number of sulfonamides is 1. The van der Waals surface area contributed by atoms with E-state index >= 15 is 0 Å². The first-order valence-electron chi connectivity index (χ1n) is 21.5. The molecule has 3 heterocycles. The van der Waals surface area contributed by atoms with Gasteiger partial charge in [0.05, 0.1) is 27.7 Å². The average molecular weight is 897 g/mol. The van der Waals surface area contributed by atoms with Crippen molar-refractivity contribution in [1.82, 2.24) is 19.6 Å². The van der Waals surface area contributed by atoms with Crippen molar-refractivity contribution in [1.29, 1.82) is 0 Å². The number of piperazine rings is 1. The fraction of sp³-hybridized carbons (Fsp3) is 0.404. The molecule has 2 aliphatic carbocycles. The van der Waals surface area contributed by atoms with Crippen LogP contribution in [0.2, 0.25) is 5.02 Å². The van der Waals surface area contributed by atoms with Crippen molar-refractivity contribution in [2.24, 2.45) is 11.3 Å². The number of nitro groups is 1. The summed E-state index contributed by atoms with van der Waals surface area (Å²) in [6.07, 6.45) is 10.4. The van der Waals surface area contributed by atoms with Gasteiger partial charge < -0.3 is 24.7 Å². The van der Waals surface area contributed by atoms with Crippen molar-refractivity contribution in [3.8, 4) is 11.5 Å². The second-order valence-electron chi connectivity index (χ2n) is 17.7. The van der Waals surface area contributed by atoms with Gasteiger partial charge in [-0.05, 0) is 116 Å². The Kier molecular flexibility index (Phi) is 13.1. The number of nitrogens with one attached hydrogen (secondary N) is 3. The number of anilines is 2. The summed E-state index contributed by atoms with van der Waals surface area (Å²) in [5.74, 6) is -0.161. The molecule has 2 fully saturated rings. The highest BCUT2D eigenvalue weighted by molar-refractivity contribution is 7.90. The van der Waals surface area contributed by atoms with Gasteiger partial charge in [-0.15, -0.1) is 0 Å². The zero-order valence-corrected chi connectivity index (χ0v) is 37.4. The lowest BCUT2D eigenvalue weighted by Gasteiger charge is -2.39. The lowest BCUT2D eigenvalue weighted by atomic mass is 9.72. The molecule has 0 spiro atoms. The Balaban J connectivity index is 0.991. The number of hydrogen-bond donors (Lipinski definition) is 3. The van der Waals surface area contributed by atoms with Crippen molar-refractivity contribution in [3.63, 3.8) is 0 Å². The van der Waals surface area contributed by atoms with Crippen molar-refractivity contribution in [2.75, 3.05) is 56.6 Å². The molecule has 0 atom stereocenters. The van der Waals surface area contributed by atoms with E-state index in [2.05, 4.69) is 55.8 Å². The van der Waals surface area contributed by atoms with Gasteiger partial charge in [0, 0.05) is 80.8 Å². The number of pyridine rings is 1. The smallest absolute Gasteiger partial charge is 0.293 e. The zero-order chi connectivity index (χ0) is 44.3. The lowest BCUT2D eigenvalue weighted by molar-refractivity contribution is -0.384. The molecule has 1 amide bonds. The molecular formula is C47H54ClN7O7S. The second-order valence-corrected chi connectivity index (χ2v) is 19.8. The molecule has 8 rings (SSSR count). The molecule has 1 saturated heterocycles. The summed E-state index contributed by atoms with van der Waals surface area (Å²) in [5.41, 5.74) is 5.58. The summed E-state index contributed by atoms with van der Waals surface area (Å²) >= 11 is 6.24. The SMILES string of the molecule is COC1CCC(CNc2ccc(S(=O)(=O)NC(=O)c3ccc(N4CCN(CC5=C(c6ccc(Cl)cc6)CC(C)(C)CC5)CC4)cc3Oc3cnc4[nH]ccc4c3)cc2[N+](=O)[O-])CC1. The number of hydrogen-bond acceptors (Lipinski definition) is 11. The maximum absolute atomic E-state index is 14.0. The highest BCUT2D eigenvalue weighted by Gasteiger charge is 2.31. The Bertz CT molecular complexity index is 2620. The van der Waals surface area contributed by atoms with Gasteiger partial charge in [-0.1, -0.05) is 43.2 Å². The summed E-state index contributed by atoms with van der Waals surface area (Å²) < 4.78 is 41.4. The van der Waals surface area contributed by atoms with Crippen LogP contribution in [-0.4, -0.2) is 86.6 Å². The first-order chi connectivity index (χ1) is 30.2. The molecule has 332 valence electrons. The predicted octanol–water partition coefficient (Wildman–Crippen LogP) is 9.44. The highest BCUT2D eigenvalue weighted by Crippen LogP contribution is 2.43. The van der Waals surface area contributed by atoms with Gasteiger partial charge in [-0.25, -0.2) is 18.1 Å². The van der Waals surface area contributed by atoms with Crippen LogP contribution in [0.1, 0.15) is 74.7 Å². The lowest BCUT2D eigenvalue weighted by Crippen LogP contribution is -2.47. The quantitative estimate of drug-likeness (QED) is 0.0716. The predicted molar refractivity (Wildman–Crippen MR) is 246 cm³/mol. The fourth-order valence-electron chi connectivity index (χ4n) is 9.02. The maximum atomic E-state index is 14.0. The van der Waals surface area contributed by atoms with Crippen LogP contribution in [0.5, 0.6) is 11.5 Å². The van der Waals surface area contributed by atoms with Crippen molar-refractivity contribution in [2.45, 2.75) is 69.8 Å². The number of allylic oxidation sites excluding steroid dienone is 1. The van der Waals surface area contributed by atoms with E-state index < -0.39 is 31.4 Å². The second kappa shape index (κ2) is 18.7. The highest BCUT2D eigenvalue weighted by atomic mass is 35.5. The third kappa shape index (κ3) is 10.5. The third-order valence-corrected chi connectivity index (χ3v) is 14.3. The van der Waals surface area contributed by atoms with Crippen LogP contribution in [0, 0.1) is 21.4 Å². The number of rotatable bonds is 14. The number of ether oxygens (including phenoxy) is 2. The Morgan fingerprint density at radius 1 is 1.00 bits per heavy atom. The van der Waals surface area contributed by atoms with Crippen LogP contribution < -0.4 is 19.7 Å². The molecule has 5 aromatic rings. The molecule has 14 nitrogen and oxygen atoms in total. The molecule has 0 unspecified atom stereocenters. The normalized spacial score (nSPS) is 19.5. The van der Waals surface area contributed by atoms with Crippen molar-refractivity contribution >= 4 is 61.2 Å². The molecule has 3 aromatic carbocycles. The molecule has 2 aromatic heterocycles. The minimum absolute atomic E-state index is 0.0343. The van der Waals surface area contributed by atoms with Gasteiger partial charge in [0.25, 0.3) is 21.6 Å². The van der Waals surface area contributed by atoms with Crippen molar-refractivity contribution < 1.29 is 27.6 Å². The third-order valence-electron chi connectivity index (χ3n) is 12.8. The molecular weight excluding hydrogens is 842 g/mol. The van der Waals surface area contributed by atoms with Crippen LogP contribution in [-0.2, 0) is 14.8 Å². The molecule has 1 aliphatic heterocycles. The summed E-state index contributed by atoms with van der Waals surface area (Å²) in [5, 5.41) is 16.8. The standard InChI is InChI=1S/C47H54ClN7O7S/c1-47(2)18-16-34(41(27-47)32-6-8-35(48)9-7-32)30-53-20-22-54(23-21-53)36-10-14-40(44(25-36)62-38-24-33-17-19-49-45(33)51-29-38)46(56)52-63(59,60)39-13-15-42(43(26-39)55(57)58)50-28-31-4-11-37(61-3)12-5-31/h6-10,13-15,17,19,24-26,29,31,37,50H,4-5,11-12,16,18,20-23,27-28,30H2,1-3H3,(H,49,51)(H,52,56). The van der Waals surface area contributed by atoms with Gasteiger partial charge in [0.1, 0.15) is 22.8 Å². The van der Waals surface area contributed by atoms with E-state index in [-0.39, 0.29) is 28.5 Å². The minimum Gasteiger partial charge on any atom is -0.455 e. The number of carbonyl (C=O) groups is 1. The number of fused-ring (bicyclic) bond motifs is 1. The van der Waals surface area contributed by atoms with E-state index in [1.165, 1.54) is 35.0 Å². The van der Waals surface area contributed by atoms with Gasteiger partial charge in [0.2, 0.25) is 0 Å². The number of benzene rings is 3. The van der Waals surface area contributed by atoms with Gasteiger partial charge in [-0.3, -0.25) is 19.8 Å². The summed E-state index contributed by atoms with van der Waals surface area (Å²) in [4.78, 5) is 37.3.